The number of nitro groups is 1. The van der Waals surface area contributed by atoms with E-state index in [-0.39, 0.29) is 30.0 Å². The Labute approximate surface area is 148 Å². The molecule has 26 heavy (non-hydrogen) atoms. The number of carbonyl (C=O) groups is 2. The number of amides is 2. The van der Waals surface area contributed by atoms with Gasteiger partial charge in [-0.15, -0.1) is 0 Å². The summed E-state index contributed by atoms with van der Waals surface area (Å²) in [5.74, 6) is -1.46. The summed E-state index contributed by atoms with van der Waals surface area (Å²) in [7, 11) is 0. The Morgan fingerprint density at radius 3 is 2.73 bits per heavy atom. The van der Waals surface area contributed by atoms with Crippen molar-refractivity contribution in [3.63, 3.8) is 0 Å². The Morgan fingerprint density at radius 2 is 2.08 bits per heavy atom. The van der Waals surface area contributed by atoms with E-state index in [1.165, 1.54) is 13.0 Å². The van der Waals surface area contributed by atoms with Crippen molar-refractivity contribution in [2.24, 2.45) is 0 Å². The molecule has 140 valence electrons. The average molecular weight is 364 g/mol. The number of rotatable bonds is 7. The van der Waals surface area contributed by atoms with Gasteiger partial charge in [-0.05, 0) is 25.2 Å². The molecule has 1 atom stereocenters. The van der Waals surface area contributed by atoms with Crippen molar-refractivity contribution in [3.05, 3.63) is 45.1 Å². The van der Waals surface area contributed by atoms with Gasteiger partial charge >= 0.3 is 12.0 Å². The van der Waals surface area contributed by atoms with Crippen LogP contribution >= 0.6 is 0 Å². The first-order valence-electron chi connectivity index (χ1n) is 7.83. The van der Waals surface area contributed by atoms with Gasteiger partial charge in [0, 0.05) is 18.4 Å². The van der Waals surface area contributed by atoms with E-state index in [1.807, 2.05) is 0 Å². The highest BCUT2D eigenvalue weighted by Crippen LogP contribution is 2.32. The Morgan fingerprint density at radius 1 is 1.35 bits per heavy atom. The monoisotopic (exact) mass is 364 g/mol. The molecule has 2 N–H and O–H groups in total. The van der Waals surface area contributed by atoms with Crippen molar-refractivity contribution >= 4 is 17.7 Å². The second-order valence-corrected chi connectivity index (χ2v) is 5.39. The molecule has 0 saturated heterocycles. The maximum Gasteiger partial charge on any atom is 0.338 e. The summed E-state index contributed by atoms with van der Waals surface area (Å²) in [4.78, 5) is 34.4. The molecular weight excluding hydrogens is 346 g/mol. The molecule has 0 radical (unpaired) electrons. The van der Waals surface area contributed by atoms with Crippen molar-refractivity contribution in [2.75, 3.05) is 19.8 Å². The summed E-state index contributed by atoms with van der Waals surface area (Å²) in [5, 5.41) is 27.6. The van der Waals surface area contributed by atoms with E-state index in [9.17, 15) is 24.8 Å². The predicted octanol–water partition coefficient (Wildman–Crippen LogP) is 0.876. The number of allylic oxidation sites excluding steroid dienone is 1. The van der Waals surface area contributed by atoms with E-state index >= 15 is 0 Å². The topological polar surface area (TPSA) is 143 Å². The zero-order valence-corrected chi connectivity index (χ0v) is 14.2. The highest BCUT2D eigenvalue weighted by Gasteiger charge is 2.33. The highest BCUT2D eigenvalue weighted by atomic mass is 16.6. The van der Waals surface area contributed by atoms with Gasteiger partial charge < -0.3 is 25.2 Å². The van der Waals surface area contributed by atoms with Gasteiger partial charge in [0.25, 0.3) is 5.69 Å². The molecule has 0 unspecified atom stereocenters. The summed E-state index contributed by atoms with van der Waals surface area (Å²) in [5.41, 5.74) is -0.0673. The second-order valence-electron chi connectivity index (χ2n) is 5.39. The van der Waals surface area contributed by atoms with Crippen molar-refractivity contribution in [3.8, 4) is 5.75 Å². The van der Waals surface area contributed by atoms with E-state index in [0.29, 0.717) is 6.61 Å². The molecule has 10 heteroatoms. The van der Waals surface area contributed by atoms with E-state index in [1.54, 1.807) is 6.92 Å². The van der Waals surface area contributed by atoms with Gasteiger partial charge in [0.1, 0.15) is 6.61 Å². The highest BCUT2D eigenvalue weighted by molar-refractivity contribution is 5.95. The number of carbonyl (C=O) groups excluding carboxylic acids is 2. The molecule has 2 rings (SSSR count). The lowest BCUT2D eigenvalue weighted by Crippen LogP contribution is -2.45. The zero-order chi connectivity index (χ0) is 19.3. The van der Waals surface area contributed by atoms with Crippen LogP contribution in [-0.4, -0.2) is 36.7 Å². The molecule has 0 aromatic heterocycles. The predicted molar refractivity (Wildman–Crippen MR) is 87.1 cm³/mol. The number of ether oxygens (including phenoxy) is 2. The fraction of sp³-hybridized carbons (Fsp3) is 0.375. The Balaban J connectivity index is 2.33. The van der Waals surface area contributed by atoms with Crippen molar-refractivity contribution in [1.82, 2.24) is 10.6 Å². The molecular formula is C16H18N3O7-. The van der Waals surface area contributed by atoms with Crippen molar-refractivity contribution in [1.29, 1.82) is 0 Å². The molecule has 10 nitrogen and oxygen atoms in total. The molecule has 2 amide bonds. The molecule has 0 saturated carbocycles. The Hall–Kier alpha value is -3.14. The standard InChI is InChI=1S/C16H19N3O7/c1-3-25-6-7-26-15(21)13-9(2)17-16(22)18-14(13)10-4-5-12(20)11(8-10)19(23)24/h4-5,8,14,20H,3,6-7H2,1-2H3,(H2,17,18,22)/p-1/t14-/m0/s1. The quantitative estimate of drug-likeness (QED) is 0.316. The lowest BCUT2D eigenvalue weighted by Gasteiger charge is -2.28. The fourth-order valence-corrected chi connectivity index (χ4v) is 2.49. The number of nitrogens with zero attached hydrogens (tertiary/aromatic N) is 1. The van der Waals surface area contributed by atoms with Crippen LogP contribution in [0.25, 0.3) is 0 Å². The normalized spacial score (nSPS) is 16.7. The summed E-state index contributed by atoms with van der Waals surface area (Å²) in [6, 6.07) is 1.83. The summed E-state index contributed by atoms with van der Waals surface area (Å²) in [6.45, 7) is 4.03. The van der Waals surface area contributed by atoms with E-state index < -0.39 is 34.4 Å². The molecule has 0 spiro atoms. The Bertz CT molecular complexity index is 760. The fourth-order valence-electron chi connectivity index (χ4n) is 2.49. The van der Waals surface area contributed by atoms with Crippen molar-refractivity contribution < 1.29 is 29.1 Å². The maximum atomic E-state index is 12.4. The Kier molecular flexibility index (Phi) is 6.12. The minimum Gasteiger partial charge on any atom is -0.868 e. The third kappa shape index (κ3) is 4.28. The molecule has 1 aromatic rings. The van der Waals surface area contributed by atoms with Gasteiger partial charge in [0.05, 0.1) is 23.1 Å². The van der Waals surface area contributed by atoms with Crippen LogP contribution in [-0.2, 0) is 14.3 Å². The SMILES string of the molecule is CCOCCOC(=O)C1=C(C)NC(=O)N[C@H]1c1ccc([O-])c([N+](=O)[O-])c1. The van der Waals surface area contributed by atoms with E-state index in [0.717, 1.165) is 12.1 Å². The molecule has 1 aliphatic rings. The second kappa shape index (κ2) is 8.30. The van der Waals surface area contributed by atoms with Gasteiger partial charge in [0.2, 0.25) is 0 Å². The third-order valence-corrected chi connectivity index (χ3v) is 3.67. The molecule has 0 bridgehead atoms. The summed E-state index contributed by atoms with van der Waals surface area (Å²) in [6.07, 6.45) is 0. The van der Waals surface area contributed by atoms with Crippen LogP contribution in [0.1, 0.15) is 25.5 Å². The molecule has 1 heterocycles. The van der Waals surface area contributed by atoms with Gasteiger partial charge in [-0.2, -0.15) is 0 Å². The third-order valence-electron chi connectivity index (χ3n) is 3.67. The lowest BCUT2D eigenvalue weighted by atomic mass is 9.95. The van der Waals surface area contributed by atoms with Crippen molar-refractivity contribution in [2.45, 2.75) is 19.9 Å². The molecule has 1 aromatic carbocycles. The summed E-state index contributed by atoms with van der Waals surface area (Å²) >= 11 is 0. The summed E-state index contributed by atoms with van der Waals surface area (Å²) < 4.78 is 10.2. The first kappa shape index (κ1) is 19.2. The number of nitrogens with one attached hydrogen (secondary N) is 2. The first-order valence-corrected chi connectivity index (χ1v) is 7.83. The van der Waals surface area contributed by atoms with E-state index in [4.69, 9.17) is 9.47 Å². The van der Waals surface area contributed by atoms with Gasteiger partial charge in [-0.3, -0.25) is 10.1 Å². The van der Waals surface area contributed by atoms with E-state index in [2.05, 4.69) is 10.6 Å². The smallest absolute Gasteiger partial charge is 0.338 e. The molecule has 1 aliphatic heterocycles. The lowest BCUT2D eigenvalue weighted by molar-refractivity contribution is -0.398. The number of hydrogen-bond donors (Lipinski definition) is 2. The van der Waals surface area contributed by atoms with Crippen LogP contribution in [0.15, 0.2) is 29.5 Å². The minimum atomic E-state index is -0.984. The molecule has 0 aliphatic carbocycles. The van der Waals surface area contributed by atoms with Gasteiger partial charge in [-0.25, -0.2) is 9.59 Å². The maximum absolute atomic E-state index is 12.4. The van der Waals surface area contributed by atoms with Crippen LogP contribution in [0, 0.1) is 10.1 Å². The van der Waals surface area contributed by atoms with Crippen LogP contribution in [0.3, 0.4) is 0 Å². The minimum absolute atomic E-state index is 0.0176. The van der Waals surface area contributed by atoms with Crippen LogP contribution < -0.4 is 15.7 Å². The number of urea groups is 1. The first-order chi connectivity index (χ1) is 12.3. The number of benzene rings is 1. The van der Waals surface area contributed by atoms with Crippen LogP contribution in [0.2, 0.25) is 0 Å². The van der Waals surface area contributed by atoms with Gasteiger partial charge in [0.15, 0.2) is 0 Å². The van der Waals surface area contributed by atoms with Crippen LogP contribution in [0.5, 0.6) is 5.75 Å². The number of hydrogen-bond acceptors (Lipinski definition) is 7. The zero-order valence-electron chi connectivity index (χ0n) is 14.2. The number of esters is 1. The van der Waals surface area contributed by atoms with Crippen LogP contribution in [0.4, 0.5) is 10.5 Å². The average Bonchev–Trinajstić information content (AvgIpc) is 2.58. The number of nitro benzene ring substituents is 1. The largest absolute Gasteiger partial charge is 0.868 e. The molecule has 0 fully saturated rings. The van der Waals surface area contributed by atoms with Gasteiger partial charge in [-0.1, -0.05) is 12.1 Å².